The molecule has 1 aliphatic heterocycles. The lowest BCUT2D eigenvalue weighted by molar-refractivity contribution is -0.141. The third-order valence-electron chi connectivity index (χ3n) is 4.27. The molecule has 1 unspecified atom stereocenters. The van der Waals surface area contributed by atoms with Crippen LogP contribution >= 0.6 is 27.3 Å². The van der Waals surface area contributed by atoms with Crippen LogP contribution in [0.3, 0.4) is 0 Å². The summed E-state index contributed by atoms with van der Waals surface area (Å²) in [6.45, 7) is 6.41. The second kappa shape index (κ2) is 6.48. The summed E-state index contributed by atoms with van der Waals surface area (Å²) in [5.41, 5.74) is -0.758. The van der Waals surface area contributed by atoms with Gasteiger partial charge in [0.05, 0.1) is 6.54 Å². The van der Waals surface area contributed by atoms with Crippen LogP contribution in [0.2, 0.25) is 0 Å². The highest BCUT2D eigenvalue weighted by Gasteiger charge is 2.44. The molecule has 1 saturated heterocycles. The van der Waals surface area contributed by atoms with Crippen molar-refractivity contribution in [3.05, 3.63) is 20.8 Å². The van der Waals surface area contributed by atoms with Crippen molar-refractivity contribution in [2.45, 2.75) is 58.2 Å². The average molecular weight is 373 g/mol. The molecule has 4 nitrogen and oxygen atoms in total. The van der Waals surface area contributed by atoms with Gasteiger partial charge in [-0.05, 0) is 47.1 Å². The Balaban J connectivity index is 2.34. The molecule has 116 valence electrons. The fraction of sp³-hybridized carbons (Fsp3) is 0.600. The van der Waals surface area contributed by atoms with Gasteiger partial charge in [0.25, 0.3) is 0 Å². The average Bonchev–Trinajstić information content (AvgIpc) is 2.82. The van der Waals surface area contributed by atoms with E-state index in [1.165, 1.54) is 0 Å². The maximum atomic E-state index is 13.0. The molecular formula is C15H21BrN2O2S. The minimum absolute atomic E-state index is 0.0335. The number of thiophene rings is 1. The molecular weight excluding hydrogens is 352 g/mol. The quantitative estimate of drug-likeness (QED) is 0.881. The fourth-order valence-corrected chi connectivity index (χ4v) is 4.25. The molecule has 21 heavy (non-hydrogen) atoms. The van der Waals surface area contributed by atoms with Gasteiger partial charge >= 0.3 is 0 Å². The second-order valence-corrected chi connectivity index (χ2v) is 7.37. The van der Waals surface area contributed by atoms with E-state index in [-0.39, 0.29) is 17.9 Å². The minimum Gasteiger partial charge on any atom is -0.342 e. The van der Waals surface area contributed by atoms with Gasteiger partial charge in [-0.15, -0.1) is 11.3 Å². The number of carbonyl (C=O) groups excluding carboxylic acids is 2. The highest BCUT2D eigenvalue weighted by molar-refractivity contribution is 9.10. The maximum Gasteiger partial charge on any atom is 0.248 e. The number of rotatable bonds is 4. The summed E-state index contributed by atoms with van der Waals surface area (Å²) in [4.78, 5) is 28.1. The van der Waals surface area contributed by atoms with E-state index in [1.807, 2.05) is 37.1 Å². The van der Waals surface area contributed by atoms with E-state index in [0.29, 0.717) is 25.8 Å². The molecule has 1 aromatic heterocycles. The first-order valence-electron chi connectivity index (χ1n) is 7.27. The summed E-state index contributed by atoms with van der Waals surface area (Å²) < 4.78 is 1.02. The first-order chi connectivity index (χ1) is 9.93. The Kier molecular flexibility index (Phi) is 5.09. The first kappa shape index (κ1) is 16.5. The van der Waals surface area contributed by atoms with Crippen LogP contribution in [-0.4, -0.2) is 28.3 Å². The van der Waals surface area contributed by atoms with E-state index in [0.717, 1.165) is 9.35 Å². The van der Waals surface area contributed by atoms with E-state index in [4.69, 9.17) is 0 Å². The van der Waals surface area contributed by atoms with E-state index >= 15 is 0 Å². The standard InChI is InChI=1S/C15H21BrN2O2S/c1-4-15(5-2)14(20)18(10(3)8-13(19)17-15)9-12-11(16)6-7-21-12/h6-7,10H,4-5,8-9H2,1-3H3,(H,17,19). The molecule has 1 aromatic rings. The molecule has 2 rings (SSSR count). The van der Waals surface area contributed by atoms with Crippen LogP contribution in [0.25, 0.3) is 0 Å². The maximum absolute atomic E-state index is 13.0. The Morgan fingerprint density at radius 3 is 2.62 bits per heavy atom. The molecule has 0 bridgehead atoms. The summed E-state index contributed by atoms with van der Waals surface area (Å²) >= 11 is 5.14. The highest BCUT2D eigenvalue weighted by atomic mass is 79.9. The molecule has 1 fully saturated rings. The van der Waals surface area contributed by atoms with Gasteiger partial charge < -0.3 is 10.2 Å². The number of nitrogens with one attached hydrogen (secondary N) is 1. The fourth-order valence-electron chi connectivity index (χ4n) is 2.77. The Morgan fingerprint density at radius 1 is 1.43 bits per heavy atom. The zero-order valence-corrected chi connectivity index (χ0v) is 15.0. The Morgan fingerprint density at radius 2 is 2.10 bits per heavy atom. The van der Waals surface area contributed by atoms with Crippen molar-refractivity contribution in [3.8, 4) is 0 Å². The molecule has 2 heterocycles. The van der Waals surface area contributed by atoms with Crippen LogP contribution in [-0.2, 0) is 16.1 Å². The van der Waals surface area contributed by atoms with Crippen LogP contribution in [0, 0.1) is 0 Å². The molecule has 0 saturated carbocycles. The predicted octanol–water partition coefficient (Wildman–Crippen LogP) is 3.31. The van der Waals surface area contributed by atoms with Crippen molar-refractivity contribution in [3.63, 3.8) is 0 Å². The van der Waals surface area contributed by atoms with Crippen LogP contribution in [0.1, 0.15) is 44.9 Å². The van der Waals surface area contributed by atoms with Crippen molar-refractivity contribution >= 4 is 39.1 Å². The third kappa shape index (κ3) is 3.16. The van der Waals surface area contributed by atoms with Crippen LogP contribution < -0.4 is 5.32 Å². The van der Waals surface area contributed by atoms with Gasteiger partial charge in [0.15, 0.2) is 0 Å². The van der Waals surface area contributed by atoms with Gasteiger partial charge in [0, 0.05) is 21.8 Å². The predicted molar refractivity (Wildman–Crippen MR) is 88.1 cm³/mol. The summed E-state index contributed by atoms with van der Waals surface area (Å²) in [7, 11) is 0. The van der Waals surface area contributed by atoms with Crippen LogP contribution in [0.5, 0.6) is 0 Å². The lowest BCUT2D eigenvalue weighted by atomic mass is 9.91. The Hall–Kier alpha value is -0.880. The van der Waals surface area contributed by atoms with E-state index in [9.17, 15) is 9.59 Å². The number of carbonyl (C=O) groups is 2. The van der Waals surface area contributed by atoms with Crippen molar-refractivity contribution in [1.82, 2.24) is 10.2 Å². The number of hydrogen-bond acceptors (Lipinski definition) is 3. The molecule has 0 spiro atoms. The monoisotopic (exact) mass is 372 g/mol. The first-order valence-corrected chi connectivity index (χ1v) is 8.94. The Bertz CT molecular complexity index is 540. The zero-order valence-electron chi connectivity index (χ0n) is 12.6. The smallest absolute Gasteiger partial charge is 0.248 e. The molecule has 1 atom stereocenters. The number of hydrogen-bond donors (Lipinski definition) is 1. The molecule has 2 amide bonds. The van der Waals surface area contributed by atoms with Crippen molar-refractivity contribution in [2.24, 2.45) is 0 Å². The van der Waals surface area contributed by atoms with Gasteiger partial charge in [0.2, 0.25) is 11.8 Å². The summed E-state index contributed by atoms with van der Waals surface area (Å²) in [6.07, 6.45) is 1.59. The molecule has 0 aromatic carbocycles. The zero-order chi connectivity index (χ0) is 15.6. The molecule has 0 aliphatic carbocycles. The Labute approximate surface area is 138 Å². The number of nitrogens with zero attached hydrogens (tertiary/aromatic N) is 1. The molecule has 0 radical (unpaired) electrons. The SMILES string of the molecule is CCC1(CC)NC(=O)CC(C)N(Cc2sccc2Br)C1=O. The number of halogens is 1. The normalized spacial score (nSPS) is 22.1. The van der Waals surface area contributed by atoms with Crippen molar-refractivity contribution in [2.75, 3.05) is 0 Å². The summed E-state index contributed by atoms with van der Waals surface area (Å²) in [6, 6.07) is 1.90. The van der Waals surface area contributed by atoms with Gasteiger partial charge in [0.1, 0.15) is 5.54 Å². The van der Waals surface area contributed by atoms with E-state index in [2.05, 4.69) is 21.2 Å². The lowest BCUT2D eigenvalue weighted by Gasteiger charge is -2.35. The molecule has 1 N–H and O–H groups in total. The van der Waals surface area contributed by atoms with Gasteiger partial charge in [-0.3, -0.25) is 9.59 Å². The van der Waals surface area contributed by atoms with Crippen molar-refractivity contribution < 1.29 is 9.59 Å². The van der Waals surface area contributed by atoms with Gasteiger partial charge in [-0.1, -0.05) is 13.8 Å². The summed E-state index contributed by atoms with van der Waals surface area (Å²) in [5, 5.41) is 4.96. The topological polar surface area (TPSA) is 49.4 Å². The van der Waals surface area contributed by atoms with Crippen LogP contribution in [0.15, 0.2) is 15.9 Å². The van der Waals surface area contributed by atoms with Gasteiger partial charge in [-0.25, -0.2) is 0 Å². The summed E-state index contributed by atoms with van der Waals surface area (Å²) in [5.74, 6) is -0.00144. The number of amides is 2. The van der Waals surface area contributed by atoms with E-state index < -0.39 is 5.54 Å². The minimum atomic E-state index is -0.758. The van der Waals surface area contributed by atoms with Crippen LogP contribution in [0.4, 0.5) is 0 Å². The highest BCUT2D eigenvalue weighted by Crippen LogP contribution is 2.30. The second-order valence-electron chi connectivity index (χ2n) is 5.52. The third-order valence-corrected chi connectivity index (χ3v) is 6.19. The van der Waals surface area contributed by atoms with Gasteiger partial charge in [-0.2, -0.15) is 0 Å². The molecule has 6 heteroatoms. The van der Waals surface area contributed by atoms with Crippen molar-refractivity contribution in [1.29, 1.82) is 0 Å². The largest absolute Gasteiger partial charge is 0.342 e. The molecule has 1 aliphatic rings. The van der Waals surface area contributed by atoms with E-state index in [1.54, 1.807) is 11.3 Å². The lowest BCUT2D eigenvalue weighted by Crippen LogP contribution is -2.56.